The normalized spacial score (nSPS) is 12.1. The average molecular weight is 430 g/mol. The Morgan fingerprint density at radius 2 is 1.96 bits per heavy atom. The minimum atomic E-state index is -0.921. The molecular formula is C20H22Cl2FNO4. The predicted octanol–water partition coefficient (Wildman–Crippen LogP) is 4.92. The predicted molar refractivity (Wildman–Crippen MR) is 107 cm³/mol. The first-order chi connectivity index (χ1) is 13.2. The number of carboxylic acid groups (broad SMARTS) is 1. The van der Waals surface area contributed by atoms with Gasteiger partial charge in [0.1, 0.15) is 18.5 Å². The first-order valence-corrected chi connectivity index (χ1v) is 9.38. The Kier molecular flexibility index (Phi) is 7.92. The lowest BCUT2D eigenvalue weighted by Crippen LogP contribution is -2.40. The fraction of sp³-hybridized carbons (Fsp3) is 0.350. The number of aliphatic carboxylic acids is 1. The Balaban J connectivity index is 2.18. The van der Waals surface area contributed by atoms with Gasteiger partial charge in [-0.05, 0) is 35.7 Å². The summed E-state index contributed by atoms with van der Waals surface area (Å²) in [5, 5.41) is 12.8. The molecule has 0 bridgehead atoms. The highest BCUT2D eigenvalue weighted by atomic mass is 35.5. The van der Waals surface area contributed by atoms with Gasteiger partial charge in [-0.3, -0.25) is 4.79 Å². The van der Waals surface area contributed by atoms with Crippen molar-refractivity contribution in [2.75, 3.05) is 7.11 Å². The summed E-state index contributed by atoms with van der Waals surface area (Å²) in [5.41, 5.74) is 0.944. The van der Waals surface area contributed by atoms with Crippen molar-refractivity contribution in [2.24, 2.45) is 5.92 Å². The summed E-state index contributed by atoms with van der Waals surface area (Å²) in [6.07, 6.45) is 0. The van der Waals surface area contributed by atoms with Crippen LogP contribution in [0.25, 0.3) is 0 Å². The van der Waals surface area contributed by atoms with Crippen molar-refractivity contribution in [3.05, 3.63) is 57.3 Å². The van der Waals surface area contributed by atoms with E-state index in [1.165, 1.54) is 19.2 Å². The Morgan fingerprint density at radius 1 is 1.25 bits per heavy atom. The molecule has 0 fully saturated rings. The van der Waals surface area contributed by atoms with E-state index >= 15 is 0 Å². The van der Waals surface area contributed by atoms with Crippen LogP contribution < -0.4 is 14.8 Å². The third-order valence-corrected chi connectivity index (χ3v) is 4.81. The number of ether oxygens (including phenoxy) is 2. The van der Waals surface area contributed by atoms with E-state index in [9.17, 15) is 14.3 Å². The standard InChI is InChI=1S/C20H22Cl2FNO4/c1-11(2)18(20(25)26)24-9-12-7-15(22)19(17(8-12)27-3)28-10-13-14(21)5-4-6-16(13)23/h4-8,11,18,24H,9-10H2,1-3H3,(H,25,26). The molecule has 5 nitrogen and oxygen atoms in total. The van der Waals surface area contributed by atoms with Crippen LogP contribution >= 0.6 is 23.2 Å². The van der Waals surface area contributed by atoms with Crippen LogP contribution in [-0.4, -0.2) is 24.2 Å². The molecule has 2 rings (SSSR count). The fourth-order valence-electron chi connectivity index (χ4n) is 2.67. The molecule has 0 saturated heterocycles. The molecule has 2 N–H and O–H groups in total. The average Bonchev–Trinajstić information content (AvgIpc) is 2.61. The second kappa shape index (κ2) is 9.96. The van der Waals surface area contributed by atoms with Gasteiger partial charge in [-0.15, -0.1) is 0 Å². The lowest BCUT2D eigenvalue weighted by atomic mass is 10.0. The molecule has 2 aromatic carbocycles. The SMILES string of the molecule is COc1cc(CNC(C(=O)O)C(C)C)cc(Cl)c1OCc1c(F)cccc1Cl. The first-order valence-electron chi connectivity index (χ1n) is 8.62. The van der Waals surface area contributed by atoms with Crippen LogP contribution in [-0.2, 0) is 17.9 Å². The van der Waals surface area contributed by atoms with Crippen LogP contribution in [0.2, 0.25) is 10.0 Å². The zero-order valence-electron chi connectivity index (χ0n) is 15.8. The molecule has 0 spiro atoms. The molecule has 0 saturated carbocycles. The van der Waals surface area contributed by atoms with Gasteiger partial charge in [0, 0.05) is 12.1 Å². The highest BCUT2D eigenvalue weighted by Gasteiger charge is 2.21. The molecule has 1 unspecified atom stereocenters. The van der Waals surface area contributed by atoms with E-state index in [-0.39, 0.29) is 40.4 Å². The third kappa shape index (κ3) is 5.50. The number of carbonyl (C=O) groups is 1. The van der Waals surface area contributed by atoms with Crippen molar-refractivity contribution in [1.29, 1.82) is 0 Å². The largest absolute Gasteiger partial charge is 0.493 e. The molecule has 28 heavy (non-hydrogen) atoms. The van der Waals surface area contributed by atoms with E-state index in [1.807, 2.05) is 13.8 Å². The van der Waals surface area contributed by atoms with Crippen LogP contribution in [0.15, 0.2) is 30.3 Å². The second-order valence-corrected chi connectivity index (χ2v) is 7.35. The summed E-state index contributed by atoms with van der Waals surface area (Å²) >= 11 is 12.3. The summed E-state index contributed by atoms with van der Waals surface area (Å²) in [4.78, 5) is 11.3. The quantitative estimate of drug-likeness (QED) is 0.591. The second-order valence-electron chi connectivity index (χ2n) is 6.54. The zero-order valence-corrected chi connectivity index (χ0v) is 17.3. The highest BCUT2D eigenvalue weighted by Crippen LogP contribution is 2.37. The van der Waals surface area contributed by atoms with Gasteiger partial charge in [-0.1, -0.05) is 43.1 Å². The van der Waals surface area contributed by atoms with E-state index in [0.717, 1.165) is 5.56 Å². The van der Waals surface area contributed by atoms with Crippen LogP contribution in [0.3, 0.4) is 0 Å². The van der Waals surface area contributed by atoms with Crippen LogP contribution in [0.5, 0.6) is 11.5 Å². The molecule has 0 aromatic heterocycles. The van der Waals surface area contributed by atoms with Crippen LogP contribution in [0.1, 0.15) is 25.0 Å². The molecule has 152 valence electrons. The van der Waals surface area contributed by atoms with Gasteiger partial charge in [-0.25, -0.2) is 4.39 Å². The number of benzene rings is 2. The maximum absolute atomic E-state index is 13.9. The van der Waals surface area contributed by atoms with Gasteiger partial charge in [0.25, 0.3) is 0 Å². The lowest BCUT2D eigenvalue weighted by Gasteiger charge is -2.19. The molecular weight excluding hydrogens is 408 g/mol. The van der Waals surface area contributed by atoms with Gasteiger partial charge >= 0.3 is 5.97 Å². The van der Waals surface area contributed by atoms with E-state index in [4.69, 9.17) is 32.7 Å². The smallest absolute Gasteiger partial charge is 0.320 e. The van der Waals surface area contributed by atoms with E-state index in [1.54, 1.807) is 18.2 Å². The number of hydrogen-bond donors (Lipinski definition) is 2. The summed E-state index contributed by atoms with van der Waals surface area (Å²) in [7, 11) is 1.46. The summed E-state index contributed by atoms with van der Waals surface area (Å²) in [5.74, 6) is -0.867. The molecule has 8 heteroatoms. The van der Waals surface area contributed by atoms with Crippen LogP contribution in [0, 0.1) is 11.7 Å². The lowest BCUT2D eigenvalue weighted by molar-refractivity contribution is -0.140. The van der Waals surface area contributed by atoms with Gasteiger partial charge in [0.05, 0.1) is 17.2 Å². The van der Waals surface area contributed by atoms with Gasteiger partial charge in [0.15, 0.2) is 11.5 Å². The number of halogens is 3. The molecule has 1 atom stereocenters. The van der Waals surface area contributed by atoms with Gasteiger partial charge in [0.2, 0.25) is 0 Å². The van der Waals surface area contributed by atoms with Crippen molar-refractivity contribution in [3.8, 4) is 11.5 Å². The monoisotopic (exact) mass is 429 g/mol. The van der Waals surface area contributed by atoms with Crippen molar-refractivity contribution in [3.63, 3.8) is 0 Å². The third-order valence-electron chi connectivity index (χ3n) is 4.17. The van der Waals surface area contributed by atoms with Crippen molar-refractivity contribution >= 4 is 29.2 Å². The summed E-state index contributed by atoms with van der Waals surface area (Å²) < 4.78 is 24.9. The number of methoxy groups -OCH3 is 1. The Hall–Kier alpha value is -2.02. The zero-order chi connectivity index (χ0) is 20.8. The number of carboxylic acids is 1. The topological polar surface area (TPSA) is 67.8 Å². The first kappa shape index (κ1) is 22.3. The summed E-state index contributed by atoms with van der Waals surface area (Å²) in [6.45, 7) is 3.81. The van der Waals surface area contributed by atoms with Gasteiger partial charge in [-0.2, -0.15) is 0 Å². The molecule has 2 aromatic rings. The molecule has 0 radical (unpaired) electrons. The van der Waals surface area contributed by atoms with E-state index < -0.39 is 17.8 Å². The number of nitrogens with one attached hydrogen (secondary N) is 1. The Labute approximate surface area is 173 Å². The summed E-state index contributed by atoms with van der Waals surface area (Å²) in [6, 6.07) is 7.03. The Bertz CT molecular complexity index is 825. The van der Waals surface area contributed by atoms with Gasteiger partial charge < -0.3 is 19.9 Å². The highest BCUT2D eigenvalue weighted by molar-refractivity contribution is 6.32. The molecule has 0 aliphatic rings. The molecule has 0 aliphatic carbocycles. The minimum absolute atomic E-state index is 0.0806. The van der Waals surface area contributed by atoms with Crippen molar-refractivity contribution in [2.45, 2.75) is 33.0 Å². The number of rotatable bonds is 9. The molecule has 0 amide bonds. The maximum atomic E-state index is 13.9. The minimum Gasteiger partial charge on any atom is -0.493 e. The maximum Gasteiger partial charge on any atom is 0.320 e. The van der Waals surface area contributed by atoms with Crippen molar-refractivity contribution < 1.29 is 23.8 Å². The number of hydrogen-bond acceptors (Lipinski definition) is 4. The van der Waals surface area contributed by atoms with E-state index in [2.05, 4.69) is 5.32 Å². The van der Waals surface area contributed by atoms with Crippen LogP contribution in [0.4, 0.5) is 4.39 Å². The molecule has 0 aliphatic heterocycles. The van der Waals surface area contributed by atoms with E-state index in [0.29, 0.717) is 5.75 Å². The van der Waals surface area contributed by atoms with Crippen molar-refractivity contribution in [1.82, 2.24) is 5.32 Å². The molecule has 0 heterocycles. The Morgan fingerprint density at radius 3 is 2.54 bits per heavy atom. The fourth-order valence-corrected chi connectivity index (χ4v) is 3.17.